The number of aryl methyl sites for hydroxylation is 1. The topological polar surface area (TPSA) is 43.8 Å². The summed E-state index contributed by atoms with van der Waals surface area (Å²) in [5.74, 6) is 0. The van der Waals surface area contributed by atoms with Crippen LogP contribution in [0.3, 0.4) is 0 Å². The molecule has 102 valence electrons. The van der Waals surface area contributed by atoms with E-state index in [1.165, 1.54) is 12.1 Å². The van der Waals surface area contributed by atoms with Crippen molar-refractivity contribution < 1.29 is 13.2 Å². The smallest absolute Gasteiger partial charge is 0.330 e. The van der Waals surface area contributed by atoms with E-state index < -0.39 is 11.7 Å². The predicted molar refractivity (Wildman–Crippen MR) is 65.9 cm³/mol. The average Bonchev–Trinajstić information content (AvgIpc) is 2.84. The van der Waals surface area contributed by atoms with Crippen LogP contribution in [0.5, 0.6) is 0 Å². The molecule has 1 aromatic carbocycles. The van der Waals surface area contributed by atoms with Crippen molar-refractivity contribution in [3.63, 3.8) is 0 Å². The van der Waals surface area contributed by atoms with Crippen LogP contribution in [0.2, 0.25) is 0 Å². The molecule has 2 rings (SSSR count). The standard InChI is InChI=1S/C13H14F3N3/c14-13(15,16)11-3-5-12(6-4-11)19-9-10(8-18-19)2-1-7-17/h3-6,8-9H,1-2,7,17H2. The van der Waals surface area contributed by atoms with Crippen LogP contribution >= 0.6 is 0 Å². The summed E-state index contributed by atoms with van der Waals surface area (Å²) in [6, 6.07) is 4.91. The van der Waals surface area contributed by atoms with Gasteiger partial charge in [0.2, 0.25) is 0 Å². The molecule has 0 saturated carbocycles. The monoisotopic (exact) mass is 269 g/mol. The molecule has 0 bridgehead atoms. The molecule has 0 atom stereocenters. The van der Waals surface area contributed by atoms with Crippen molar-refractivity contribution in [1.82, 2.24) is 9.78 Å². The van der Waals surface area contributed by atoms with E-state index >= 15 is 0 Å². The number of halogens is 3. The highest BCUT2D eigenvalue weighted by Gasteiger charge is 2.29. The summed E-state index contributed by atoms with van der Waals surface area (Å²) in [5.41, 5.74) is 6.38. The minimum Gasteiger partial charge on any atom is -0.330 e. The van der Waals surface area contributed by atoms with Crippen LogP contribution in [0.1, 0.15) is 17.5 Å². The van der Waals surface area contributed by atoms with Gasteiger partial charge in [0.1, 0.15) is 0 Å². The van der Waals surface area contributed by atoms with Crippen LogP contribution in [0.4, 0.5) is 13.2 Å². The Morgan fingerprint density at radius 3 is 2.42 bits per heavy atom. The third-order valence-electron chi connectivity index (χ3n) is 2.76. The maximum absolute atomic E-state index is 12.4. The summed E-state index contributed by atoms with van der Waals surface area (Å²) in [5, 5.41) is 4.13. The van der Waals surface area contributed by atoms with Gasteiger partial charge in [-0.2, -0.15) is 18.3 Å². The first kappa shape index (κ1) is 13.6. The fourth-order valence-corrected chi connectivity index (χ4v) is 1.74. The molecule has 0 spiro atoms. The van der Waals surface area contributed by atoms with E-state index in [4.69, 9.17) is 5.73 Å². The van der Waals surface area contributed by atoms with Crippen molar-refractivity contribution in [2.45, 2.75) is 19.0 Å². The van der Waals surface area contributed by atoms with Crippen LogP contribution in [0.15, 0.2) is 36.7 Å². The number of rotatable bonds is 4. The highest BCUT2D eigenvalue weighted by atomic mass is 19.4. The Balaban J connectivity index is 2.16. The summed E-state index contributed by atoms with van der Waals surface area (Å²) >= 11 is 0. The Morgan fingerprint density at radius 1 is 1.16 bits per heavy atom. The molecule has 0 radical (unpaired) electrons. The molecule has 0 amide bonds. The third-order valence-corrected chi connectivity index (χ3v) is 2.76. The van der Waals surface area contributed by atoms with Gasteiger partial charge in [-0.25, -0.2) is 4.68 Å². The Labute approximate surface area is 108 Å². The second kappa shape index (κ2) is 5.44. The van der Waals surface area contributed by atoms with Gasteiger partial charge in [-0.05, 0) is 49.2 Å². The lowest BCUT2D eigenvalue weighted by Crippen LogP contribution is -2.05. The number of aromatic nitrogens is 2. The first-order chi connectivity index (χ1) is 9.00. The predicted octanol–water partition coefficient (Wildman–Crippen LogP) is 2.78. The molecule has 2 N–H and O–H groups in total. The number of benzene rings is 1. The summed E-state index contributed by atoms with van der Waals surface area (Å²) in [4.78, 5) is 0. The van der Waals surface area contributed by atoms with E-state index in [1.54, 1.807) is 17.1 Å². The summed E-state index contributed by atoms with van der Waals surface area (Å²) in [7, 11) is 0. The number of nitrogens with two attached hydrogens (primary N) is 1. The molecule has 0 saturated heterocycles. The molecular weight excluding hydrogens is 255 g/mol. The van der Waals surface area contributed by atoms with Gasteiger partial charge in [0, 0.05) is 6.20 Å². The van der Waals surface area contributed by atoms with E-state index in [2.05, 4.69) is 5.10 Å². The second-order valence-corrected chi connectivity index (χ2v) is 4.23. The van der Waals surface area contributed by atoms with E-state index in [9.17, 15) is 13.2 Å². The Kier molecular flexibility index (Phi) is 3.90. The van der Waals surface area contributed by atoms with E-state index in [-0.39, 0.29) is 0 Å². The Hall–Kier alpha value is -1.82. The molecule has 6 heteroatoms. The molecule has 1 aromatic heterocycles. The fourth-order valence-electron chi connectivity index (χ4n) is 1.74. The van der Waals surface area contributed by atoms with Crippen LogP contribution in [0, 0.1) is 0 Å². The highest BCUT2D eigenvalue weighted by molar-refractivity contribution is 5.35. The van der Waals surface area contributed by atoms with E-state index in [0.29, 0.717) is 12.2 Å². The second-order valence-electron chi connectivity index (χ2n) is 4.23. The van der Waals surface area contributed by atoms with Crippen LogP contribution < -0.4 is 5.73 Å². The summed E-state index contributed by atoms with van der Waals surface area (Å²) < 4.78 is 38.9. The number of hydrogen-bond donors (Lipinski definition) is 1. The zero-order chi connectivity index (χ0) is 13.9. The lowest BCUT2D eigenvalue weighted by molar-refractivity contribution is -0.137. The van der Waals surface area contributed by atoms with Gasteiger partial charge in [-0.3, -0.25) is 0 Å². The minimum absolute atomic E-state index is 0.603. The van der Waals surface area contributed by atoms with E-state index in [0.717, 1.165) is 30.5 Å². The van der Waals surface area contributed by atoms with Crippen molar-refractivity contribution in [2.75, 3.05) is 6.54 Å². The van der Waals surface area contributed by atoms with Crippen molar-refractivity contribution in [1.29, 1.82) is 0 Å². The van der Waals surface area contributed by atoms with Gasteiger partial charge >= 0.3 is 6.18 Å². The van der Waals surface area contributed by atoms with E-state index in [1.807, 2.05) is 0 Å². The molecule has 0 fully saturated rings. The molecule has 3 nitrogen and oxygen atoms in total. The SMILES string of the molecule is NCCCc1cnn(-c2ccc(C(F)(F)F)cc2)c1. The molecule has 0 aliphatic carbocycles. The van der Waals surface area contributed by atoms with Crippen LogP contribution in [-0.4, -0.2) is 16.3 Å². The zero-order valence-electron chi connectivity index (χ0n) is 10.2. The lowest BCUT2D eigenvalue weighted by atomic mass is 10.2. The fraction of sp³-hybridized carbons (Fsp3) is 0.308. The van der Waals surface area contributed by atoms with Gasteiger partial charge in [0.05, 0.1) is 17.4 Å². The van der Waals surface area contributed by atoms with Crippen molar-refractivity contribution >= 4 is 0 Å². The van der Waals surface area contributed by atoms with Crippen molar-refractivity contribution in [3.8, 4) is 5.69 Å². The number of nitrogens with zero attached hydrogens (tertiary/aromatic N) is 2. The first-order valence-electron chi connectivity index (χ1n) is 5.92. The van der Waals surface area contributed by atoms with Gasteiger partial charge < -0.3 is 5.73 Å². The number of alkyl halides is 3. The maximum atomic E-state index is 12.4. The average molecular weight is 269 g/mol. The van der Waals surface area contributed by atoms with Crippen LogP contribution in [0.25, 0.3) is 5.69 Å². The van der Waals surface area contributed by atoms with Crippen molar-refractivity contribution in [3.05, 3.63) is 47.8 Å². The van der Waals surface area contributed by atoms with Gasteiger partial charge in [0.25, 0.3) is 0 Å². The molecule has 0 unspecified atom stereocenters. The maximum Gasteiger partial charge on any atom is 0.416 e. The zero-order valence-corrected chi connectivity index (χ0v) is 10.2. The van der Waals surface area contributed by atoms with Crippen molar-refractivity contribution in [2.24, 2.45) is 5.73 Å². The largest absolute Gasteiger partial charge is 0.416 e. The lowest BCUT2D eigenvalue weighted by Gasteiger charge is -2.07. The third kappa shape index (κ3) is 3.35. The first-order valence-corrected chi connectivity index (χ1v) is 5.92. The molecule has 0 aliphatic rings. The Bertz CT molecular complexity index is 529. The molecule has 19 heavy (non-hydrogen) atoms. The summed E-state index contributed by atoms with van der Waals surface area (Å²) in [6.07, 6.45) is 0.871. The molecular formula is C13H14F3N3. The highest BCUT2D eigenvalue weighted by Crippen LogP contribution is 2.29. The molecule has 1 heterocycles. The minimum atomic E-state index is -4.31. The van der Waals surface area contributed by atoms with Gasteiger partial charge in [-0.1, -0.05) is 0 Å². The Morgan fingerprint density at radius 2 is 1.84 bits per heavy atom. The normalized spacial score (nSPS) is 11.8. The van der Waals surface area contributed by atoms with Gasteiger partial charge in [0.15, 0.2) is 0 Å². The van der Waals surface area contributed by atoms with Crippen LogP contribution in [-0.2, 0) is 12.6 Å². The summed E-state index contributed by atoms with van der Waals surface area (Å²) in [6.45, 7) is 0.603. The molecule has 0 aliphatic heterocycles. The van der Waals surface area contributed by atoms with Gasteiger partial charge in [-0.15, -0.1) is 0 Å². The quantitative estimate of drug-likeness (QED) is 0.927. The number of hydrogen-bond acceptors (Lipinski definition) is 2. The molecule has 2 aromatic rings.